The third-order valence-electron chi connectivity index (χ3n) is 4.72. The Labute approximate surface area is 162 Å². The molecule has 1 aliphatic rings. The van der Waals surface area contributed by atoms with Crippen molar-refractivity contribution in [2.24, 2.45) is 5.10 Å². The third kappa shape index (κ3) is 3.66. The van der Waals surface area contributed by atoms with Crippen molar-refractivity contribution in [3.05, 3.63) is 63.7 Å². The van der Waals surface area contributed by atoms with Gasteiger partial charge < -0.3 is 4.90 Å². The summed E-state index contributed by atoms with van der Waals surface area (Å²) in [7, 11) is 0. The molecule has 0 bridgehead atoms. The summed E-state index contributed by atoms with van der Waals surface area (Å²) in [6.07, 6.45) is 4.09. The highest BCUT2D eigenvalue weighted by Crippen LogP contribution is 2.29. The Balaban J connectivity index is 1.69. The normalized spacial score (nSPS) is 14.1. The van der Waals surface area contributed by atoms with Gasteiger partial charge in [-0.15, -0.1) is 0 Å². The van der Waals surface area contributed by atoms with Crippen molar-refractivity contribution in [1.29, 1.82) is 0 Å². The smallest absolute Gasteiger partial charge is 0.252 e. The van der Waals surface area contributed by atoms with Crippen LogP contribution in [-0.2, 0) is 0 Å². The standard InChI is InChI=1S/C20H23N7O/c1-14-12-18(28)23-20(22-14)24-21-13-17-15(2)25-27(16-8-4-3-5-9-16)19(17)26-10-6-7-11-26/h3-5,8-9,12-13H,6-7,10-11H2,1-2H3,(H2,22,23,24,28). The largest absolute Gasteiger partial charge is 0.356 e. The molecule has 2 N–H and O–H groups in total. The van der Waals surface area contributed by atoms with Crippen LogP contribution in [0.15, 0.2) is 46.3 Å². The average Bonchev–Trinajstić information content (AvgIpc) is 3.30. The van der Waals surface area contributed by atoms with Gasteiger partial charge in [0, 0.05) is 24.8 Å². The molecule has 0 spiro atoms. The molecular formula is C20H23N7O. The number of nitrogens with one attached hydrogen (secondary N) is 2. The van der Waals surface area contributed by atoms with Crippen molar-refractivity contribution in [1.82, 2.24) is 19.7 Å². The van der Waals surface area contributed by atoms with E-state index in [4.69, 9.17) is 5.10 Å². The molecule has 0 unspecified atom stereocenters. The van der Waals surface area contributed by atoms with E-state index in [2.05, 4.69) is 25.4 Å². The van der Waals surface area contributed by atoms with Crippen LogP contribution in [-0.4, -0.2) is 39.1 Å². The number of rotatable bonds is 5. The number of hydrazone groups is 1. The second kappa shape index (κ2) is 7.67. The number of aryl methyl sites for hydroxylation is 2. The average molecular weight is 377 g/mol. The first kappa shape index (κ1) is 18.0. The summed E-state index contributed by atoms with van der Waals surface area (Å²) in [5, 5.41) is 9.07. The predicted molar refractivity (Wildman–Crippen MR) is 111 cm³/mol. The Bertz CT molecular complexity index is 1050. The summed E-state index contributed by atoms with van der Waals surface area (Å²) in [6.45, 7) is 5.74. The van der Waals surface area contributed by atoms with Crippen LogP contribution in [0.3, 0.4) is 0 Å². The predicted octanol–water partition coefficient (Wildman–Crippen LogP) is 2.62. The number of H-pyrrole nitrogens is 1. The molecule has 1 aromatic carbocycles. The van der Waals surface area contributed by atoms with E-state index in [9.17, 15) is 4.79 Å². The van der Waals surface area contributed by atoms with Crippen LogP contribution >= 0.6 is 0 Å². The van der Waals surface area contributed by atoms with Crippen molar-refractivity contribution in [3.63, 3.8) is 0 Å². The third-order valence-corrected chi connectivity index (χ3v) is 4.72. The molecule has 1 saturated heterocycles. The molecule has 0 aliphatic carbocycles. The van der Waals surface area contributed by atoms with Gasteiger partial charge >= 0.3 is 0 Å². The Kier molecular flexibility index (Phi) is 4.92. The number of hydrogen-bond donors (Lipinski definition) is 2. The number of aromatic nitrogens is 4. The lowest BCUT2D eigenvalue weighted by atomic mass is 10.2. The molecule has 0 radical (unpaired) electrons. The SMILES string of the molecule is Cc1cc(=O)[nH]c(NN=Cc2c(C)nn(-c3ccccc3)c2N2CCCC2)n1. The van der Waals surface area contributed by atoms with Gasteiger partial charge in [0.25, 0.3) is 5.56 Å². The topological polar surface area (TPSA) is 91.2 Å². The van der Waals surface area contributed by atoms with Crippen molar-refractivity contribution in [3.8, 4) is 5.69 Å². The molecule has 28 heavy (non-hydrogen) atoms. The van der Waals surface area contributed by atoms with Crippen LogP contribution in [0.5, 0.6) is 0 Å². The van der Waals surface area contributed by atoms with Crippen LogP contribution in [0.4, 0.5) is 11.8 Å². The van der Waals surface area contributed by atoms with Crippen molar-refractivity contribution >= 4 is 18.0 Å². The van der Waals surface area contributed by atoms with Gasteiger partial charge in [-0.1, -0.05) is 18.2 Å². The van der Waals surface area contributed by atoms with E-state index in [1.807, 2.05) is 41.9 Å². The maximum absolute atomic E-state index is 11.6. The molecular weight excluding hydrogens is 354 g/mol. The van der Waals surface area contributed by atoms with E-state index in [0.29, 0.717) is 11.6 Å². The Morgan fingerprint density at radius 3 is 2.64 bits per heavy atom. The molecule has 0 saturated carbocycles. The van der Waals surface area contributed by atoms with E-state index in [-0.39, 0.29) is 5.56 Å². The minimum Gasteiger partial charge on any atom is -0.356 e. The molecule has 3 heterocycles. The van der Waals surface area contributed by atoms with Gasteiger partial charge in [0.1, 0.15) is 5.82 Å². The fraction of sp³-hybridized carbons (Fsp3) is 0.300. The molecule has 0 atom stereocenters. The second-order valence-electron chi connectivity index (χ2n) is 6.87. The molecule has 8 nitrogen and oxygen atoms in total. The van der Waals surface area contributed by atoms with Gasteiger partial charge in [0.15, 0.2) is 0 Å². The van der Waals surface area contributed by atoms with Gasteiger partial charge in [-0.3, -0.25) is 9.78 Å². The molecule has 8 heteroatoms. The van der Waals surface area contributed by atoms with Gasteiger partial charge in [-0.25, -0.2) is 15.1 Å². The highest BCUT2D eigenvalue weighted by Gasteiger charge is 2.23. The Hall–Kier alpha value is -3.42. The van der Waals surface area contributed by atoms with Crippen LogP contribution in [0.1, 0.15) is 29.8 Å². The van der Waals surface area contributed by atoms with Gasteiger partial charge in [-0.05, 0) is 38.8 Å². The minimum atomic E-state index is -0.212. The highest BCUT2D eigenvalue weighted by atomic mass is 16.1. The summed E-state index contributed by atoms with van der Waals surface area (Å²) in [4.78, 5) is 20.8. The van der Waals surface area contributed by atoms with Crippen LogP contribution < -0.4 is 15.9 Å². The minimum absolute atomic E-state index is 0.212. The van der Waals surface area contributed by atoms with E-state index in [1.165, 1.54) is 18.9 Å². The summed E-state index contributed by atoms with van der Waals surface area (Å²) in [6, 6.07) is 11.6. The van der Waals surface area contributed by atoms with Crippen molar-refractivity contribution < 1.29 is 0 Å². The zero-order chi connectivity index (χ0) is 19.5. The first-order valence-corrected chi connectivity index (χ1v) is 9.39. The zero-order valence-corrected chi connectivity index (χ0v) is 16.0. The lowest BCUT2D eigenvalue weighted by molar-refractivity contribution is 0.815. The maximum Gasteiger partial charge on any atom is 0.252 e. The number of nitrogens with zero attached hydrogens (tertiary/aromatic N) is 5. The summed E-state index contributed by atoms with van der Waals surface area (Å²) in [5.41, 5.74) is 6.10. The second-order valence-corrected chi connectivity index (χ2v) is 6.87. The highest BCUT2D eigenvalue weighted by molar-refractivity contribution is 5.89. The van der Waals surface area contributed by atoms with E-state index < -0.39 is 0 Å². The first-order valence-electron chi connectivity index (χ1n) is 9.39. The van der Waals surface area contributed by atoms with Crippen LogP contribution in [0, 0.1) is 13.8 Å². The van der Waals surface area contributed by atoms with E-state index in [0.717, 1.165) is 35.9 Å². The number of anilines is 2. The number of para-hydroxylation sites is 1. The lowest BCUT2D eigenvalue weighted by Crippen LogP contribution is -2.22. The molecule has 4 rings (SSSR count). The van der Waals surface area contributed by atoms with Gasteiger partial charge in [-0.2, -0.15) is 10.2 Å². The molecule has 1 fully saturated rings. The van der Waals surface area contributed by atoms with Crippen molar-refractivity contribution in [2.45, 2.75) is 26.7 Å². The van der Waals surface area contributed by atoms with Crippen LogP contribution in [0.25, 0.3) is 5.69 Å². The van der Waals surface area contributed by atoms with E-state index >= 15 is 0 Å². The Morgan fingerprint density at radius 2 is 1.93 bits per heavy atom. The van der Waals surface area contributed by atoms with Crippen LogP contribution in [0.2, 0.25) is 0 Å². The lowest BCUT2D eigenvalue weighted by Gasteiger charge is -2.20. The quantitative estimate of drug-likeness (QED) is 0.527. The van der Waals surface area contributed by atoms with Crippen molar-refractivity contribution in [2.75, 3.05) is 23.4 Å². The first-order chi connectivity index (χ1) is 13.6. The summed E-state index contributed by atoms with van der Waals surface area (Å²) >= 11 is 0. The molecule has 3 aromatic rings. The number of hydrogen-bond acceptors (Lipinski definition) is 6. The number of aromatic amines is 1. The fourth-order valence-corrected chi connectivity index (χ4v) is 3.45. The molecule has 1 aliphatic heterocycles. The van der Waals surface area contributed by atoms with Gasteiger partial charge in [0.05, 0.1) is 23.2 Å². The summed E-state index contributed by atoms with van der Waals surface area (Å²) < 4.78 is 1.98. The maximum atomic E-state index is 11.6. The Morgan fingerprint density at radius 1 is 1.18 bits per heavy atom. The monoisotopic (exact) mass is 377 g/mol. The molecule has 144 valence electrons. The fourth-order valence-electron chi connectivity index (χ4n) is 3.45. The molecule has 2 aromatic heterocycles. The summed E-state index contributed by atoms with van der Waals surface area (Å²) in [5.74, 6) is 1.36. The molecule has 0 amide bonds. The number of benzene rings is 1. The van der Waals surface area contributed by atoms with E-state index in [1.54, 1.807) is 13.1 Å². The zero-order valence-electron chi connectivity index (χ0n) is 16.0. The van der Waals surface area contributed by atoms with Gasteiger partial charge in [0.2, 0.25) is 5.95 Å².